The Balaban J connectivity index is 1.41. The number of carbonyl (C=O) groups excluding carboxylic acids is 1. The Morgan fingerprint density at radius 1 is 1.02 bits per heavy atom. The predicted octanol–water partition coefficient (Wildman–Crippen LogP) is 9.19. The lowest BCUT2D eigenvalue weighted by Gasteiger charge is -2.21. The van der Waals surface area contributed by atoms with Crippen molar-refractivity contribution in [2.45, 2.75) is 46.1 Å². The molecular formula is C34H34ClN3O2S2. The maximum absolute atomic E-state index is 13.5. The van der Waals surface area contributed by atoms with Gasteiger partial charge in [-0.05, 0) is 60.9 Å². The van der Waals surface area contributed by atoms with E-state index in [1.807, 2.05) is 95.8 Å². The molecule has 42 heavy (non-hydrogen) atoms. The van der Waals surface area contributed by atoms with Gasteiger partial charge in [0.05, 0.1) is 16.3 Å². The van der Waals surface area contributed by atoms with Crippen LogP contribution in [0.15, 0.2) is 90.0 Å². The fraction of sp³-hybridized carbons (Fsp3) is 0.265. The van der Waals surface area contributed by atoms with Crippen LogP contribution in [0.4, 0.5) is 0 Å². The summed E-state index contributed by atoms with van der Waals surface area (Å²) in [6.45, 7) is 5.44. The van der Waals surface area contributed by atoms with E-state index in [4.69, 9.17) is 33.7 Å². The number of amides is 1. The Morgan fingerprint density at radius 2 is 1.76 bits per heavy atom. The summed E-state index contributed by atoms with van der Waals surface area (Å²) in [4.78, 5) is 15.9. The summed E-state index contributed by atoms with van der Waals surface area (Å²) in [6, 6.07) is 25.4. The Morgan fingerprint density at radius 3 is 2.48 bits per heavy atom. The van der Waals surface area contributed by atoms with Crippen molar-refractivity contribution in [3.63, 3.8) is 0 Å². The Hall–Kier alpha value is -3.39. The van der Waals surface area contributed by atoms with Gasteiger partial charge in [-0.25, -0.2) is 4.68 Å². The number of ether oxygens (including phenoxy) is 1. The van der Waals surface area contributed by atoms with Crippen molar-refractivity contribution in [1.82, 2.24) is 14.7 Å². The lowest BCUT2D eigenvalue weighted by molar-refractivity contribution is -0.122. The van der Waals surface area contributed by atoms with Crippen LogP contribution in [0.5, 0.6) is 5.75 Å². The summed E-state index contributed by atoms with van der Waals surface area (Å²) < 4.78 is 8.46. The van der Waals surface area contributed by atoms with Crippen molar-refractivity contribution in [3.8, 4) is 22.7 Å². The molecule has 1 aliphatic heterocycles. The molecule has 1 unspecified atom stereocenters. The molecule has 0 radical (unpaired) electrons. The molecule has 3 aromatic carbocycles. The fourth-order valence-electron chi connectivity index (χ4n) is 4.89. The SMILES string of the molecule is CCCCC(CC)CN1C(=O)/C(=C\c2cn(-c3ccccc3)nc2-c2ccc(OCc3ccccc3Cl)cc2)SC1=S. The van der Waals surface area contributed by atoms with Crippen molar-refractivity contribution in [2.75, 3.05) is 6.54 Å². The standard InChI is InChI=1S/C34H34ClN3O2S2/c1-3-5-11-24(4-2)21-37-33(39)31(42-34(37)41)20-27-22-38(28-13-7-6-8-14-28)36-32(27)25-16-18-29(19-17-25)40-23-26-12-9-10-15-30(26)35/h6-10,12-20,22,24H,3-5,11,21,23H2,1-2H3/b31-20+. The monoisotopic (exact) mass is 615 g/mol. The van der Waals surface area contributed by atoms with Gasteiger partial charge < -0.3 is 4.74 Å². The molecule has 0 bridgehead atoms. The van der Waals surface area contributed by atoms with E-state index in [1.54, 1.807) is 4.90 Å². The van der Waals surface area contributed by atoms with Crippen LogP contribution in [0, 0.1) is 5.92 Å². The molecule has 0 saturated carbocycles. The molecule has 1 fully saturated rings. The molecule has 1 saturated heterocycles. The maximum atomic E-state index is 13.5. The third kappa shape index (κ3) is 7.14. The highest BCUT2D eigenvalue weighted by molar-refractivity contribution is 8.26. The van der Waals surface area contributed by atoms with Crippen LogP contribution in [0.3, 0.4) is 0 Å². The molecule has 1 atom stereocenters. The van der Waals surface area contributed by atoms with Crippen LogP contribution in [0.1, 0.15) is 50.7 Å². The molecule has 2 heterocycles. The smallest absolute Gasteiger partial charge is 0.266 e. The molecule has 1 aromatic heterocycles. The first kappa shape index (κ1) is 30.1. The van der Waals surface area contributed by atoms with Crippen LogP contribution in [-0.4, -0.2) is 31.5 Å². The normalized spacial score (nSPS) is 15.0. The average Bonchev–Trinajstić information content (AvgIpc) is 3.55. The minimum absolute atomic E-state index is 0.0262. The summed E-state index contributed by atoms with van der Waals surface area (Å²) in [5, 5.41) is 5.62. The summed E-state index contributed by atoms with van der Waals surface area (Å²) >= 11 is 13.3. The molecule has 5 nitrogen and oxygen atoms in total. The molecule has 0 spiro atoms. The fourth-order valence-corrected chi connectivity index (χ4v) is 6.35. The zero-order valence-electron chi connectivity index (χ0n) is 23.8. The van der Waals surface area contributed by atoms with E-state index in [1.165, 1.54) is 11.8 Å². The van der Waals surface area contributed by atoms with Gasteiger partial charge in [-0.3, -0.25) is 9.69 Å². The number of benzene rings is 3. The second-order valence-corrected chi connectivity index (χ2v) is 12.4. The quantitative estimate of drug-likeness (QED) is 0.117. The number of halogens is 1. The molecule has 0 aliphatic carbocycles. The first-order valence-corrected chi connectivity index (χ1v) is 15.9. The average molecular weight is 616 g/mol. The van der Waals surface area contributed by atoms with Crippen molar-refractivity contribution < 1.29 is 9.53 Å². The first-order valence-electron chi connectivity index (χ1n) is 14.3. The largest absolute Gasteiger partial charge is 0.489 e. The summed E-state index contributed by atoms with van der Waals surface area (Å²) in [5.41, 5.74) is 4.41. The summed E-state index contributed by atoms with van der Waals surface area (Å²) in [6.07, 6.45) is 8.34. The van der Waals surface area contributed by atoms with Gasteiger partial charge in [0.25, 0.3) is 5.91 Å². The molecule has 216 valence electrons. The van der Waals surface area contributed by atoms with Gasteiger partial charge >= 0.3 is 0 Å². The number of carbonyl (C=O) groups is 1. The third-order valence-corrected chi connectivity index (χ3v) is 9.13. The summed E-state index contributed by atoms with van der Waals surface area (Å²) in [7, 11) is 0. The maximum Gasteiger partial charge on any atom is 0.266 e. The highest BCUT2D eigenvalue weighted by atomic mass is 35.5. The number of para-hydroxylation sites is 1. The van der Waals surface area contributed by atoms with Crippen LogP contribution >= 0.6 is 35.6 Å². The Kier molecular flexibility index (Phi) is 10.2. The van der Waals surface area contributed by atoms with Gasteiger partial charge in [0.15, 0.2) is 0 Å². The number of aromatic nitrogens is 2. The number of hydrogen-bond donors (Lipinski definition) is 0. The predicted molar refractivity (Wildman–Crippen MR) is 178 cm³/mol. The van der Waals surface area contributed by atoms with Crippen molar-refractivity contribution in [1.29, 1.82) is 0 Å². The number of rotatable bonds is 12. The van der Waals surface area contributed by atoms with Gasteiger partial charge in [-0.1, -0.05) is 105 Å². The zero-order chi connectivity index (χ0) is 29.5. The Labute approximate surface area is 262 Å². The Bertz CT molecular complexity index is 1570. The second kappa shape index (κ2) is 14.2. The van der Waals surface area contributed by atoms with E-state index in [0.717, 1.165) is 59.5 Å². The van der Waals surface area contributed by atoms with E-state index >= 15 is 0 Å². The molecular weight excluding hydrogens is 582 g/mol. The topological polar surface area (TPSA) is 47.4 Å². The van der Waals surface area contributed by atoms with E-state index in [0.29, 0.717) is 33.3 Å². The highest BCUT2D eigenvalue weighted by Gasteiger charge is 2.33. The van der Waals surface area contributed by atoms with E-state index in [9.17, 15) is 4.79 Å². The minimum Gasteiger partial charge on any atom is -0.489 e. The van der Waals surface area contributed by atoms with Crippen molar-refractivity contribution in [3.05, 3.63) is 106 Å². The van der Waals surface area contributed by atoms with Gasteiger partial charge in [0, 0.05) is 34.5 Å². The number of thioether (sulfide) groups is 1. The molecule has 4 aromatic rings. The number of unbranched alkanes of at least 4 members (excludes halogenated alkanes) is 1. The lowest BCUT2D eigenvalue weighted by Crippen LogP contribution is -2.33. The van der Waals surface area contributed by atoms with Gasteiger partial charge in [0.2, 0.25) is 0 Å². The van der Waals surface area contributed by atoms with Crippen LogP contribution in [0.2, 0.25) is 5.02 Å². The van der Waals surface area contributed by atoms with Gasteiger partial charge in [-0.2, -0.15) is 5.10 Å². The molecule has 1 aliphatic rings. The minimum atomic E-state index is -0.0262. The van der Waals surface area contributed by atoms with Gasteiger partial charge in [-0.15, -0.1) is 0 Å². The molecule has 5 rings (SSSR count). The van der Waals surface area contributed by atoms with Crippen LogP contribution < -0.4 is 4.74 Å². The van der Waals surface area contributed by atoms with Crippen molar-refractivity contribution >= 4 is 51.9 Å². The first-order chi connectivity index (χ1) is 20.5. The van der Waals surface area contributed by atoms with Crippen molar-refractivity contribution in [2.24, 2.45) is 5.92 Å². The number of hydrogen-bond acceptors (Lipinski definition) is 5. The molecule has 8 heteroatoms. The number of thiocarbonyl (C=S) groups is 1. The highest BCUT2D eigenvalue weighted by Crippen LogP contribution is 2.36. The second-order valence-electron chi connectivity index (χ2n) is 10.3. The van der Waals surface area contributed by atoms with E-state index in [2.05, 4.69) is 13.8 Å². The zero-order valence-corrected chi connectivity index (χ0v) is 26.2. The molecule has 1 amide bonds. The molecule has 0 N–H and O–H groups in total. The van der Waals surface area contributed by atoms with E-state index < -0.39 is 0 Å². The number of nitrogens with zero attached hydrogens (tertiary/aromatic N) is 3. The van der Waals surface area contributed by atoms with E-state index in [-0.39, 0.29) is 5.91 Å². The van der Waals surface area contributed by atoms with Crippen LogP contribution in [0.25, 0.3) is 23.0 Å². The third-order valence-electron chi connectivity index (χ3n) is 7.39. The summed E-state index contributed by atoms with van der Waals surface area (Å²) in [5.74, 6) is 1.15. The lowest BCUT2D eigenvalue weighted by atomic mass is 9.99. The van der Waals surface area contributed by atoms with Crippen LogP contribution in [-0.2, 0) is 11.4 Å². The van der Waals surface area contributed by atoms with Gasteiger partial charge in [0.1, 0.15) is 16.7 Å².